The lowest BCUT2D eigenvalue weighted by atomic mass is 10.1. The summed E-state index contributed by atoms with van der Waals surface area (Å²) in [5, 5.41) is 13.3. The molecule has 0 atom stereocenters. The number of primary sulfonamides is 1. The van der Waals surface area contributed by atoms with E-state index in [1.54, 1.807) is 0 Å². The van der Waals surface area contributed by atoms with Crippen LogP contribution in [0.2, 0.25) is 5.02 Å². The van der Waals surface area contributed by atoms with Gasteiger partial charge >= 0.3 is 5.97 Å². The van der Waals surface area contributed by atoms with Gasteiger partial charge in [0.2, 0.25) is 10.0 Å². The quantitative estimate of drug-likeness (QED) is 0.779. The van der Waals surface area contributed by atoms with Crippen molar-refractivity contribution >= 4 is 33.4 Å². The van der Waals surface area contributed by atoms with E-state index >= 15 is 0 Å². The zero-order valence-electron chi connectivity index (χ0n) is 9.54. The Hall–Kier alpha value is -1.70. The van der Waals surface area contributed by atoms with Crippen LogP contribution in [0.4, 0.5) is 0 Å². The van der Waals surface area contributed by atoms with Crippen LogP contribution in [0.15, 0.2) is 35.2 Å². The lowest BCUT2D eigenvalue weighted by Crippen LogP contribution is -2.13. The predicted molar refractivity (Wildman–Crippen MR) is 68.3 cm³/mol. The minimum atomic E-state index is -3.97. The first-order chi connectivity index (χ1) is 8.70. The number of aliphatic carboxylic acids is 1. The summed E-state index contributed by atoms with van der Waals surface area (Å²) in [6.45, 7) is 0. The van der Waals surface area contributed by atoms with Gasteiger partial charge in [-0.3, -0.25) is 4.79 Å². The molecule has 0 fully saturated rings. The largest absolute Gasteiger partial charge is 0.478 e. The van der Waals surface area contributed by atoms with Gasteiger partial charge in [0.05, 0.1) is 5.02 Å². The van der Waals surface area contributed by atoms with Crippen LogP contribution in [0.5, 0.6) is 0 Å². The molecule has 102 valence electrons. The van der Waals surface area contributed by atoms with Crippen molar-refractivity contribution in [1.82, 2.24) is 0 Å². The van der Waals surface area contributed by atoms with Crippen LogP contribution in [0.1, 0.15) is 5.56 Å². The summed E-state index contributed by atoms with van der Waals surface area (Å²) >= 11 is 5.68. The molecule has 0 aromatic heterocycles. The van der Waals surface area contributed by atoms with Gasteiger partial charge < -0.3 is 5.11 Å². The number of carbonyl (C=O) groups is 2. The molecule has 0 heterocycles. The molecule has 0 saturated carbocycles. The Balaban J connectivity index is 2.99. The topological polar surface area (TPSA) is 115 Å². The van der Waals surface area contributed by atoms with Crippen LogP contribution in [-0.2, 0) is 26.0 Å². The minimum absolute atomic E-state index is 0.0419. The highest BCUT2D eigenvalue weighted by atomic mass is 35.5. The standard InChI is InChI=1S/C11H10ClNO5S/c12-9-3-1-7(6-10(9)19(13,17)18)5-8(14)2-4-11(15)16/h1-4,6H,5H2,(H,15,16)(H2,13,17,18). The number of sulfonamides is 1. The third kappa shape index (κ3) is 4.82. The van der Waals surface area contributed by atoms with Crippen LogP contribution in [-0.4, -0.2) is 25.3 Å². The number of hydrogen-bond donors (Lipinski definition) is 2. The second-order valence-corrected chi connectivity index (χ2v) is 5.56. The molecule has 8 heteroatoms. The summed E-state index contributed by atoms with van der Waals surface area (Å²) in [5.74, 6) is -1.72. The van der Waals surface area contributed by atoms with Crippen molar-refractivity contribution < 1.29 is 23.1 Å². The van der Waals surface area contributed by atoms with Crippen LogP contribution in [0.3, 0.4) is 0 Å². The molecular weight excluding hydrogens is 294 g/mol. The van der Waals surface area contributed by atoms with E-state index in [0.29, 0.717) is 11.6 Å². The molecule has 3 N–H and O–H groups in total. The first-order valence-electron chi connectivity index (χ1n) is 4.95. The molecular formula is C11H10ClNO5S. The van der Waals surface area contributed by atoms with Crippen molar-refractivity contribution in [2.75, 3.05) is 0 Å². The summed E-state index contributed by atoms with van der Waals surface area (Å²) in [6.07, 6.45) is 1.45. The molecule has 0 aliphatic rings. The highest BCUT2D eigenvalue weighted by Gasteiger charge is 2.14. The fourth-order valence-electron chi connectivity index (χ4n) is 1.30. The van der Waals surface area contributed by atoms with Gasteiger partial charge in [0.25, 0.3) is 0 Å². The molecule has 0 aliphatic carbocycles. The zero-order valence-corrected chi connectivity index (χ0v) is 11.1. The molecule has 0 bridgehead atoms. The van der Waals surface area contributed by atoms with E-state index in [1.165, 1.54) is 18.2 Å². The number of carboxylic acid groups (broad SMARTS) is 1. The summed E-state index contributed by atoms with van der Waals surface area (Å²) < 4.78 is 22.4. The van der Waals surface area contributed by atoms with Gasteiger partial charge in [-0.15, -0.1) is 0 Å². The van der Waals surface area contributed by atoms with E-state index in [1.807, 2.05) is 0 Å². The Bertz CT molecular complexity index is 651. The molecule has 1 aromatic carbocycles. The molecule has 19 heavy (non-hydrogen) atoms. The zero-order chi connectivity index (χ0) is 14.6. The third-order valence-electron chi connectivity index (χ3n) is 2.09. The van der Waals surface area contributed by atoms with E-state index in [-0.39, 0.29) is 16.3 Å². The lowest BCUT2D eigenvalue weighted by molar-refractivity contribution is -0.131. The average molecular weight is 304 g/mol. The second kappa shape index (κ2) is 5.96. The van der Waals surface area contributed by atoms with Gasteiger partial charge in [-0.1, -0.05) is 17.7 Å². The van der Waals surface area contributed by atoms with E-state index in [4.69, 9.17) is 21.8 Å². The van der Waals surface area contributed by atoms with Crippen molar-refractivity contribution in [3.63, 3.8) is 0 Å². The fourth-order valence-corrected chi connectivity index (χ4v) is 2.40. The first-order valence-corrected chi connectivity index (χ1v) is 6.87. The lowest BCUT2D eigenvalue weighted by Gasteiger charge is -2.04. The SMILES string of the molecule is NS(=O)(=O)c1cc(CC(=O)C=CC(=O)O)ccc1Cl. The van der Waals surface area contributed by atoms with Crippen LogP contribution in [0.25, 0.3) is 0 Å². The Kier molecular flexibility index (Phi) is 4.82. The Morgan fingerprint density at radius 1 is 1.32 bits per heavy atom. The summed E-state index contributed by atoms with van der Waals surface area (Å²) in [7, 11) is -3.97. The maximum Gasteiger partial charge on any atom is 0.328 e. The highest BCUT2D eigenvalue weighted by Crippen LogP contribution is 2.21. The maximum absolute atomic E-state index is 11.4. The number of ketones is 1. The van der Waals surface area contributed by atoms with Gasteiger partial charge in [-0.2, -0.15) is 0 Å². The first kappa shape index (κ1) is 15.4. The second-order valence-electron chi connectivity index (χ2n) is 3.62. The fraction of sp³-hybridized carbons (Fsp3) is 0.0909. The number of halogens is 1. The number of allylic oxidation sites excluding steroid dienone is 1. The molecule has 0 amide bonds. The van der Waals surface area contributed by atoms with Crippen molar-refractivity contribution in [2.45, 2.75) is 11.3 Å². The number of rotatable bonds is 5. The normalized spacial score (nSPS) is 11.7. The van der Waals surface area contributed by atoms with E-state index < -0.39 is 21.8 Å². The molecule has 0 spiro atoms. The van der Waals surface area contributed by atoms with Gasteiger partial charge in [-0.25, -0.2) is 18.4 Å². The number of carboxylic acids is 1. The molecule has 1 aromatic rings. The summed E-state index contributed by atoms with van der Waals surface area (Å²) in [5.41, 5.74) is 0.369. The van der Waals surface area contributed by atoms with Crippen molar-refractivity contribution in [1.29, 1.82) is 0 Å². The summed E-state index contributed by atoms with van der Waals surface area (Å²) in [6, 6.07) is 3.96. The Morgan fingerprint density at radius 2 is 1.95 bits per heavy atom. The van der Waals surface area contributed by atoms with Gasteiger partial charge in [0.1, 0.15) is 4.90 Å². The molecule has 6 nitrogen and oxygen atoms in total. The van der Waals surface area contributed by atoms with E-state index in [2.05, 4.69) is 0 Å². The van der Waals surface area contributed by atoms with Crippen LogP contribution < -0.4 is 5.14 Å². The predicted octanol–water partition coefficient (Wildman–Crippen LogP) is 0.740. The summed E-state index contributed by atoms with van der Waals surface area (Å²) in [4.78, 5) is 21.4. The third-order valence-corrected chi connectivity index (χ3v) is 3.48. The maximum atomic E-state index is 11.4. The molecule has 0 unspecified atom stereocenters. The van der Waals surface area contributed by atoms with Crippen molar-refractivity contribution in [3.8, 4) is 0 Å². The minimum Gasteiger partial charge on any atom is -0.478 e. The number of benzene rings is 1. The van der Waals surface area contributed by atoms with Gasteiger partial charge in [0, 0.05) is 12.5 Å². The van der Waals surface area contributed by atoms with Crippen LogP contribution in [0, 0.1) is 0 Å². The average Bonchev–Trinajstić information content (AvgIpc) is 2.27. The number of carbonyl (C=O) groups excluding carboxylic acids is 1. The molecule has 1 rings (SSSR count). The Labute approximate surface area is 114 Å². The van der Waals surface area contributed by atoms with E-state index in [9.17, 15) is 18.0 Å². The van der Waals surface area contributed by atoms with E-state index in [0.717, 1.165) is 6.08 Å². The molecule has 0 saturated heterocycles. The Morgan fingerprint density at radius 3 is 2.47 bits per heavy atom. The monoisotopic (exact) mass is 303 g/mol. The molecule has 0 aliphatic heterocycles. The number of hydrogen-bond acceptors (Lipinski definition) is 4. The number of nitrogens with two attached hydrogens (primary N) is 1. The smallest absolute Gasteiger partial charge is 0.328 e. The van der Waals surface area contributed by atoms with Crippen molar-refractivity contribution in [2.24, 2.45) is 5.14 Å². The van der Waals surface area contributed by atoms with Gasteiger partial charge in [-0.05, 0) is 23.8 Å². The van der Waals surface area contributed by atoms with Crippen molar-refractivity contribution in [3.05, 3.63) is 40.9 Å². The highest BCUT2D eigenvalue weighted by molar-refractivity contribution is 7.89. The van der Waals surface area contributed by atoms with Gasteiger partial charge in [0.15, 0.2) is 5.78 Å². The molecule has 0 radical (unpaired) electrons. The van der Waals surface area contributed by atoms with Crippen LogP contribution >= 0.6 is 11.6 Å².